The summed E-state index contributed by atoms with van der Waals surface area (Å²) >= 11 is 0. The van der Waals surface area contributed by atoms with Gasteiger partial charge in [0.25, 0.3) is 0 Å². The Morgan fingerprint density at radius 1 is 1.41 bits per heavy atom. The Morgan fingerprint density at radius 3 is 2.50 bits per heavy atom. The van der Waals surface area contributed by atoms with E-state index in [4.69, 9.17) is 0 Å². The number of nitrogens with zero attached hydrogens (tertiary/aromatic N) is 2. The van der Waals surface area contributed by atoms with Gasteiger partial charge in [-0.25, -0.2) is 4.39 Å². The first kappa shape index (κ1) is 20.9. The van der Waals surface area contributed by atoms with Crippen LogP contribution in [0.5, 0.6) is 5.75 Å². The van der Waals surface area contributed by atoms with Gasteiger partial charge in [0.05, 0.1) is 11.0 Å². The molecule has 0 amide bonds. The first-order valence-electron chi connectivity index (χ1n) is 6.66. The van der Waals surface area contributed by atoms with Crippen LogP contribution in [0.1, 0.15) is 24.9 Å². The molecule has 2 rings (SSSR count). The Labute approximate surface area is 140 Å². The molecule has 1 aromatic carbocycles. The average molecular weight is 356 g/mol. The number of piperazine rings is 1. The molecule has 0 aromatic heterocycles. The maximum atomic E-state index is 13.6. The third-order valence-corrected chi connectivity index (χ3v) is 3.62. The van der Waals surface area contributed by atoms with Crippen molar-refractivity contribution in [2.75, 3.05) is 26.2 Å². The summed E-state index contributed by atoms with van der Waals surface area (Å²) in [6.07, 6.45) is 0.647. The molecule has 0 aliphatic carbocycles. The standard InChI is InChI=1S/C13H18FN3O3.2ClH/c1-2-11(16-5-3-15-4-6-16)10-7-9(14)8-12(13(10)18)17(19)20;;/h7-8,11,15,18H,2-6H2,1H3;2*1H/t11-;;/m1../s1. The van der Waals surface area contributed by atoms with Crippen LogP contribution >= 0.6 is 24.8 Å². The Bertz CT molecular complexity index is 514. The van der Waals surface area contributed by atoms with Crippen LogP contribution in [0.2, 0.25) is 0 Å². The molecule has 0 spiro atoms. The topological polar surface area (TPSA) is 78.6 Å². The van der Waals surface area contributed by atoms with E-state index in [0.717, 1.165) is 32.2 Å². The van der Waals surface area contributed by atoms with Crippen LogP contribution in [-0.4, -0.2) is 41.1 Å². The van der Waals surface area contributed by atoms with Gasteiger partial charge in [0, 0.05) is 37.8 Å². The number of phenols is 1. The quantitative estimate of drug-likeness (QED) is 0.641. The lowest BCUT2D eigenvalue weighted by Crippen LogP contribution is -2.45. The fourth-order valence-electron chi connectivity index (χ4n) is 2.67. The maximum absolute atomic E-state index is 13.6. The first-order chi connectivity index (χ1) is 9.54. The van der Waals surface area contributed by atoms with Crippen molar-refractivity contribution < 1.29 is 14.4 Å². The highest BCUT2D eigenvalue weighted by Crippen LogP contribution is 2.38. The Hall–Kier alpha value is -1.15. The van der Waals surface area contributed by atoms with Gasteiger partial charge in [-0.05, 0) is 12.5 Å². The highest BCUT2D eigenvalue weighted by atomic mass is 35.5. The summed E-state index contributed by atoms with van der Waals surface area (Å²) in [6.45, 7) is 5.08. The van der Waals surface area contributed by atoms with Crippen molar-refractivity contribution in [3.8, 4) is 5.75 Å². The average Bonchev–Trinajstić information content (AvgIpc) is 2.44. The van der Waals surface area contributed by atoms with Crippen LogP contribution < -0.4 is 5.32 Å². The van der Waals surface area contributed by atoms with E-state index < -0.39 is 22.2 Å². The zero-order valence-electron chi connectivity index (χ0n) is 12.1. The summed E-state index contributed by atoms with van der Waals surface area (Å²) in [6, 6.07) is 1.73. The molecule has 22 heavy (non-hydrogen) atoms. The smallest absolute Gasteiger partial charge is 0.313 e. The van der Waals surface area contributed by atoms with Crippen LogP contribution in [-0.2, 0) is 0 Å². The van der Waals surface area contributed by atoms with Crippen molar-refractivity contribution in [1.82, 2.24) is 10.2 Å². The van der Waals surface area contributed by atoms with Gasteiger partial charge in [0.2, 0.25) is 0 Å². The van der Waals surface area contributed by atoms with E-state index in [1.807, 2.05) is 6.92 Å². The number of nitro groups is 1. The van der Waals surface area contributed by atoms with Gasteiger partial charge < -0.3 is 10.4 Å². The van der Waals surface area contributed by atoms with Gasteiger partial charge in [-0.2, -0.15) is 0 Å². The van der Waals surface area contributed by atoms with E-state index in [-0.39, 0.29) is 30.9 Å². The highest BCUT2D eigenvalue weighted by molar-refractivity contribution is 5.85. The molecule has 0 unspecified atom stereocenters. The predicted molar refractivity (Wildman–Crippen MR) is 86.7 cm³/mol. The lowest BCUT2D eigenvalue weighted by atomic mass is 9.99. The van der Waals surface area contributed by atoms with E-state index in [9.17, 15) is 19.6 Å². The molecule has 1 fully saturated rings. The minimum absolute atomic E-state index is 0. The monoisotopic (exact) mass is 355 g/mol. The number of hydrogen-bond donors (Lipinski definition) is 2. The summed E-state index contributed by atoms with van der Waals surface area (Å²) in [4.78, 5) is 12.2. The number of nitro benzene ring substituents is 1. The van der Waals surface area contributed by atoms with Gasteiger partial charge in [-0.15, -0.1) is 24.8 Å². The normalized spacial score (nSPS) is 16.3. The Morgan fingerprint density at radius 2 is 2.00 bits per heavy atom. The number of aromatic hydroxyl groups is 1. The van der Waals surface area contributed by atoms with Crippen molar-refractivity contribution in [3.05, 3.63) is 33.6 Å². The van der Waals surface area contributed by atoms with E-state index >= 15 is 0 Å². The fourth-order valence-corrected chi connectivity index (χ4v) is 2.67. The van der Waals surface area contributed by atoms with Gasteiger partial charge in [-0.3, -0.25) is 15.0 Å². The second-order valence-electron chi connectivity index (χ2n) is 4.83. The van der Waals surface area contributed by atoms with Crippen molar-refractivity contribution in [3.63, 3.8) is 0 Å². The summed E-state index contributed by atoms with van der Waals surface area (Å²) in [5.74, 6) is -1.13. The second kappa shape index (κ2) is 9.09. The molecule has 0 bridgehead atoms. The molecule has 1 aliphatic rings. The predicted octanol–water partition coefficient (Wildman–Crippen LogP) is 2.64. The van der Waals surface area contributed by atoms with Crippen molar-refractivity contribution >= 4 is 30.5 Å². The van der Waals surface area contributed by atoms with Gasteiger partial charge >= 0.3 is 5.69 Å². The molecule has 1 heterocycles. The molecule has 1 aliphatic heterocycles. The molecule has 1 atom stereocenters. The van der Waals surface area contributed by atoms with Crippen molar-refractivity contribution in [2.45, 2.75) is 19.4 Å². The summed E-state index contributed by atoms with van der Waals surface area (Å²) in [5, 5.41) is 24.1. The summed E-state index contributed by atoms with van der Waals surface area (Å²) < 4.78 is 13.6. The molecule has 1 saturated heterocycles. The van der Waals surface area contributed by atoms with Gasteiger partial charge in [-0.1, -0.05) is 6.92 Å². The molecule has 1 aromatic rings. The molecule has 6 nitrogen and oxygen atoms in total. The molecule has 0 radical (unpaired) electrons. The Balaban J connectivity index is 0.00000220. The lowest BCUT2D eigenvalue weighted by molar-refractivity contribution is -0.386. The molecular formula is C13H20Cl2FN3O3. The number of nitrogens with one attached hydrogen (secondary N) is 1. The zero-order chi connectivity index (χ0) is 14.7. The van der Waals surface area contributed by atoms with Crippen molar-refractivity contribution in [2.24, 2.45) is 0 Å². The second-order valence-corrected chi connectivity index (χ2v) is 4.83. The maximum Gasteiger partial charge on any atom is 0.313 e. The van der Waals surface area contributed by atoms with E-state index in [0.29, 0.717) is 12.0 Å². The number of benzene rings is 1. The van der Waals surface area contributed by atoms with Crippen molar-refractivity contribution in [1.29, 1.82) is 0 Å². The fraction of sp³-hybridized carbons (Fsp3) is 0.538. The van der Waals surface area contributed by atoms with E-state index in [1.54, 1.807) is 0 Å². The zero-order valence-corrected chi connectivity index (χ0v) is 13.8. The number of hydrogen-bond acceptors (Lipinski definition) is 5. The van der Waals surface area contributed by atoms with E-state index in [2.05, 4.69) is 10.2 Å². The van der Waals surface area contributed by atoms with Crippen LogP contribution in [0.3, 0.4) is 0 Å². The van der Waals surface area contributed by atoms with Gasteiger partial charge in [0.1, 0.15) is 5.82 Å². The first-order valence-corrected chi connectivity index (χ1v) is 6.66. The molecule has 0 saturated carbocycles. The van der Waals surface area contributed by atoms with Crippen LogP contribution in [0.25, 0.3) is 0 Å². The largest absolute Gasteiger partial charge is 0.502 e. The molecule has 9 heteroatoms. The SMILES string of the molecule is CC[C@H](c1cc(F)cc([N+](=O)[O-])c1O)N1CCNCC1.Cl.Cl. The summed E-state index contributed by atoms with van der Waals surface area (Å²) in [7, 11) is 0. The van der Waals surface area contributed by atoms with E-state index in [1.165, 1.54) is 6.07 Å². The summed E-state index contributed by atoms with van der Waals surface area (Å²) in [5.41, 5.74) is -0.283. The van der Waals surface area contributed by atoms with Crippen LogP contribution in [0.4, 0.5) is 10.1 Å². The number of rotatable bonds is 4. The van der Waals surface area contributed by atoms with Gasteiger partial charge in [0.15, 0.2) is 5.75 Å². The lowest BCUT2D eigenvalue weighted by Gasteiger charge is -2.34. The molecule has 2 N–H and O–H groups in total. The molecular weight excluding hydrogens is 336 g/mol. The minimum Gasteiger partial charge on any atom is -0.502 e. The number of phenolic OH excluding ortho intramolecular Hbond substituents is 1. The third kappa shape index (κ3) is 4.42. The number of halogens is 3. The molecule has 126 valence electrons. The minimum atomic E-state index is -0.758. The Kier molecular flexibility index (Phi) is 8.62. The van der Waals surface area contributed by atoms with Crippen LogP contribution in [0.15, 0.2) is 12.1 Å². The third-order valence-electron chi connectivity index (χ3n) is 3.62. The van der Waals surface area contributed by atoms with Crippen LogP contribution in [0, 0.1) is 15.9 Å². The highest BCUT2D eigenvalue weighted by Gasteiger charge is 2.28.